The van der Waals surface area contributed by atoms with E-state index in [0.29, 0.717) is 22.2 Å². The monoisotopic (exact) mass is 309 g/mol. The second kappa shape index (κ2) is 5.36. The van der Waals surface area contributed by atoms with E-state index in [1.165, 1.54) is 18.2 Å². The Morgan fingerprint density at radius 1 is 1.05 bits per heavy atom. The van der Waals surface area contributed by atoms with Crippen LogP contribution >= 0.6 is 0 Å². The minimum absolute atomic E-state index is 0.0322. The van der Waals surface area contributed by atoms with Crippen molar-refractivity contribution < 1.29 is 22.3 Å². The quantitative estimate of drug-likeness (QED) is 0.675. The molecule has 0 radical (unpaired) electrons. The Kier molecular flexibility index (Phi) is 3.52. The zero-order valence-corrected chi connectivity index (χ0v) is 11.5. The van der Waals surface area contributed by atoms with E-state index in [2.05, 4.69) is 9.72 Å². The van der Waals surface area contributed by atoms with Crippen LogP contribution in [0.15, 0.2) is 36.4 Å². The summed E-state index contributed by atoms with van der Waals surface area (Å²) in [5, 5.41) is 0.445. The number of hydrogen-bond acceptors (Lipinski definition) is 1. The number of hydrogen-bond donors (Lipinski definition) is 1. The molecular weight excluding hydrogens is 298 g/mol. The van der Waals surface area contributed by atoms with Gasteiger partial charge in [-0.3, -0.25) is 0 Å². The fourth-order valence-corrected chi connectivity index (χ4v) is 2.44. The van der Waals surface area contributed by atoms with E-state index in [9.17, 15) is 17.6 Å². The van der Waals surface area contributed by atoms with Gasteiger partial charge in [0.15, 0.2) is 0 Å². The number of aromatic nitrogens is 1. The summed E-state index contributed by atoms with van der Waals surface area (Å²) in [5.74, 6) is -1.30. The van der Waals surface area contributed by atoms with Crippen LogP contribution in [0.2, 0.25) is 0 Å². The van der Waals surface area contributed by atoms with Gasteiger partial charge in [-0.15, -0.1) is 0 Å². The van der Waals surface area contributed by atoms with E-state index in [-0.39, 0.29) is 11.3 Å². The first-order valence-corrected chi connectivity index (χ1v) is 6.48. The van der Waals surface area contributed by atoms with Gasteiger partial charge in [-0.05, 0) is 48.4 Å². The molecule has 0 amide bonds. The fraction of sp³-hybridized carbons (Fsp3) is 0.125. The number of H-pyrrole nitrogens is 1. The lowest BCUT2D eigenvalue weighted by atomic mass is 10.1. The Morgan fingerprint density at radius 3 is 2.36 bits per heavy atom. The maximum absolute atomic E-state index is 13.8. The summed E-state index contributed by atoms with van der Waals surface area (Å²) >= 11 is 0. The van der Waals surface area contributed by atoms with Crippen LogP contribution in [0.5, 0.6) is 5.75 Å². The summed E-state index contributed by atoms with van der Waals surface area (Å²) in [5.41, 5.74) is 2.15. The molecule has 0 aliphatic carbocycles. The van der Waals surface area contributed by atoms with Gasteiger partial charge in [0.2, 0.25) is 0 Å². The first kappa shape index (κ1) is 14.4. The number of rotatable bonds is 3. The molecule has 0 aliphatic heterocycles. The maximum Gasteiger partial charge on any atom is 0.387 e. The molecule has 3 aromatic rings. The molecule has 1 aromatic heterocycles. The maximum atomic E-state index is 13.8. The lowest BCUT2D eigenvalue weighted by molar-refractivity contribution is -0.0498. The highest BCUT2D eigenvalue weighted by Crippen LogP contribution is 2.32. The minimum Gasteiger partial charge on any atom is -0.435 e. The molecule has 0 fully saturated rings. The van der Waals surface area contributed by atoms with Crippen LogP contribution in [0, 0.1) is 18.6 Å². The lowest BCUT2D eigenvalue weighted by Gasteiger charge is -2.05. The third-order valence-electron chi connectivity index (χ3n) is 3.45. The van der Waals surface area contributed by atoms with Crippen molar-refractivity contribution in [1.82, 2.24) is 4.98 Å². The Morgan fingerprint density at radius 2 is 1.73 bits per heavy atom. The average molecular weight is 309 g/mol. The summed E-state index contributed by atoms with van der Waals surface area (Å²) in [6, 6.07) is 7.99. The number of aryl methyl sites for hydroxylation is 1. The Hall–Kier alpha value is -2.50. The molecule has 6 heteroatoms. The standard InChI is InChI=1S/C16H11F4NO/c1-8-12-6-10(17)7-13(18)15(12)21-14(8)9-2-4-11(5-3-9)22-16(19)20/h2-7,16,21H,1H3. The van der Waals surface area contributed by atoms with Crippen molar-refractivity contribution in [3.8, 4) is 17.0 Å². The molecule has 1 heterocycles. The van der Waals surface area contributed by atoms with E-state index >= 15 is 0 Å². The SMILES string of the molecule is Cc1c(-c2ccc(OC(F)F)cc2)[nH]c2c(F)cc(F)cc12. The van der Waals surface area contributed by atoms with Crippen molar-refractivity contribution in [3.63, 3.8) is 0 Å². The van der Waals surface area contributed by atoms with E-state index in [1.807, 2.05) is 0 Å². The number of aromatic amines is 1. The molecule has 0 saturated heterocycles. The highest BCUT2D eigenvalue weighted by atomic mass is 19.3. The van der Waals surface area contributed by atoms with Crippen LogP contribution in [-0.4, -0.2) is 11.6 Å². The predicted molar refractivity (Wildman–Crippen MR) is 75.0 cm³/mol. The molecule has 0 spiro atoms. The summed E-state index contributed by atoms with van der Waals surface area (Å²) < 4.78 is 55.6. The van der Waals surface area contributed by atoms with Crippen molar-refractivity contribution in [2.75, 3.05) is 0 Å². The van der Waals surface area contributed by atoms with Gasteiger partial charge in [-0.25, -0.2) is 8.78 Å². The molecular formula is C16H11F4NO. The second-order valence-electron chi connectivity index (χ2n) is 4.84. The van der Waals surface area contributed by atoms with Crippen LogP contribution in [0.25, 0.3) is 22.2 Å². The molecule has 0 bridgehead atoms. The Labute approximate surface area is 123 Å². The van der Waals surface area contributed by atoms with Crippen molar-refractivity contribution in [3.05, 3.63) is 53.6 Å². The van der Waals surface area contributed by atoms with Crippen molar-refractivity contribution in [2.45, 2.75) is 13.5 Å². The molecule has 0 atom stereocenters. The van der Waals surface area contributed by atoms with Crippen molar-refractivity contribution in [2.24, 2.45) is 0 Å². The van der Waals surface area contributed by atoms with Crippen LogP contribution in [0.1, 0.15) is 5.56 Å². The zero-order valence-electron chi connectivity index (χ0n) is 11.5. The number of nitrogens with one attached hydrogen (secondary N) is 1. The predicted octanol–water partition coefficient (Wildman–Crippen LogP) is 5.02. The van der Waals surface area contributed by atoms with Crippen molar-refractivity contribution in [1.29, 1.82) is 0 Å². The zero-order chi connectivity index (χ0) is 15.9. The number of halogens is 4. The third-order valence-corrected chi connectivity index (χ3v) is 3.45. The second-order valence-corrected chi connectivity index (χ2v) is 4.84. The Balaban J connectivity index is 2.06. The first-order chi connectivity index (χ1) is 10.5. The fourth-order valence-electron chi connectivity index (χ4n) is 2.44. The molecule has 1 N–H and O–H groups in total. The third kappa shape index (κ3) is 2.52. The molecule has 2 nitrogen and oxygen atoms in total. The van der Waals surface area contributed by atoms with E-state index in [4.69, 9.17) is 0 Å². The molecule has 114 valence electrons. The molecule has 0 aliphatic rings. The van der Waals surface area contributed by atoms with E-state index in [1.54, 1.807) is 19.1 Å². The average Bonchev–Trinajstić information content (AvgIpc) is 2.77. The Bertz CT molecular complexity index is 824. The molecule has 0 saturated carbocycles. The smallest absolute Gasteiger partial charge is 0.387 e. The molecule has 3 rings (SSSR count). The van der Waals surface area contributed by atoms with Crippen LogP contribution in [0.4, 0.5) is 17.6 Å². The van der Waals surface area contributed by atoms with Crippen LogP contribution in [-0.2, 0) is 0 Å². The van der Waals surface area contributed by atoms with Gasteiger partial charge >= 0.3 is 6.61 Å². The lowest BCUT2D eigenvalue weighted by Crippen LogP contribution is -2.01. The van der Waals surface area contributed by atoms with Gasteiger partial charge in [0.05, 0.1) is 5.52 Å². The molecule has 2 aromatic carbocycles. The summed E-state index contributed by atoms with van der Waals surface area (Å²) in [6.45, 7) is -1.16. The number of ether oxygens (including phenoxy) is 1. The van der Waals surface area contributed by atoms with E-state index < -0.39 is 18.2 Å². The summed E-state index contributed by atoms with van der Waals surface area (Å²) in [7, 11) is 0. The highest BCUT2D eigenvalue weighted by molar-refractivity contribution is 5.90. The van der Waals surface area contributed by atoms with E-state index in [0.717, 1.165) is 6.07 Å². The van der Waals surface area contributed by atoms with Crippen molar-refractivity contribution >= 4 is 10.9 Å². The van der Waals surface area contributed by atoms with Gasteiger partial charge in [-0.1, -0.05) is 0 Å². The summed E-state index contributed by atoms with van der Waals surface area (Å²) in [6.07, 6.45) is 0. The molecule has 22 heavy (non-hydrogen) atoms. The number of alkyl halides is 2. The summed E-state index contributed by atoms with van der Waals surface area (Å²) in [4.78, 5) is 2.91. The molecule has 0 unspecified atom stereocenters. The van der Waals surface area contributed by atoms with Gasteiger partial charge in [-0.2, -0.15) is 8.78 Å². The number of fused-ring (bicyclic) bond motifs is 1. The number of benzene rings is 2. The largest absolute Gasteiger partial charge is 0.435 e. The van der Waals surface area contributed by atoms with Crippen LogP contribution < -0.4 is 4.74 Å². The first-order valence-electron chi connectivity index (χ1n) is 6.48. The minimum atomic E-state index is -2.89. The van der Waals surface area contributed by atoms with Gasteiger partial charge in [0.1, 0.15) is 17.4 Å². The normalized spacial score (nSPS) is 11.4. The van der Waals surface area contributed by atoms with Gasteiger partial charge in [0, 0.05) is 17.1 Å². The van der Waals surface area contributed by atoms with Gasteiger partial charge < -0.3 is 9.72 Å². The topological polar surface area (TPSA) is 25.0 Å². The van der Waals surface area contributed by atoms with Crippen LogP contribution in [0.3, 0.4) is 0 Å². The highest BCUT2D eigenvalue weighted by Gasteiger charge is 2.14. The van der Waals surface area contributed by atoms with Gasteiger partial charge in [0.25, 0.3) is 0 Å².